The van der Waals surface area contributed by atoms with Crippen molar-refractivity contribution in [2.24, 2.45) is 0 Å². The Bertz CT molecular complexity index is 96.4. The topological polar surface area (TPSA) is 12.0 Å². The van der Waals surface area contributed by atoms with Crippen molar-refractivity contribution >= 4 is 11.8 Å². The van der Waals surface area contributed by atoms with Crippen molar-refractivity contribution in [2.45, 2.75) is 31.4 Å². The molecule has 0 radical (unpaired) electrons. The molecule has 0 aliphatic rings. The maximum atomic E-state index is 11.8. The normalized spacial score (nSPS) is 12.0. The van der Waals surface area contributed by atoms with Gasteiger partial charge < -0.3 is 5.32 Å². The van der Waals surface area contributed by atoms with Gasteiger partial charge in [-0.2, -0.15) is 11.8 Å². The maximum Gasteiger partial charge on any atom is 0.102 e. The van der Waals surface area contributed by atoms with Gasteiger partial charge in [-0.25, -0.2) is 4.39 Å². The number of rotatable bonds is 7. The molecule has 1 N–H and O–H groups in total. The molecule has 0 aromatic carbocycles. The molecule has 0 saturated heterocycles. The molecule has 0 saturated carbocycles. The number of halogens is 1. The second-order valence-corrected chi connectivity index (χ2v) is 4.23. The van der Waals surface area contributed by atoms with Gasteiger partial charge in [-0.1, -0.05) is 13.8 Å². The quantitative estimate of drug-likeness (QED) is 0.623. The van der Waals surface area contributed by atoms with Crippen LogP contribution in [0.15, 0.2) is 0 Å². The molecule has 74 valence electrons. The largest absolute Gasteiger partial charge is 0.313 e. The minimum Gasteiger partial charge on any atom is -0.313 e. The highest BCUT2D eigenvalue weighted by Crippen LogP contribution is 2.29. The van der Waals surface area contributed by atoms with E-state index in [2.05, 4.69) is 25.4 Å². The first-order valence-electron chi connectivity index (χ1n) is 4.56. The second-order valence-electron chi connectivity index (χ2n) is 2.96. The van der Waals surface area contributed by atoms with Crippen LogP contribution in [0.4, 0.5) is 4.39 Å². The van der Waals surface area contributed by atoms with Crippen LogP contribution in [-0.2, 0) is 0 Å². The van der Waals surface area contributed by atoms with Crippen LogP contribution >= 0.6 is 11.8 Å². The standard InChI is InChI=1S/C9H20FNS/c1-4-9(5-2,12-3)8-11-7-6-10/h11H,4-8H2,1-3H3. The molecule has 0 amide bonds. The van der Waals surface area contributed by atoms with Crippen molar-refractivity contribution < 1.29 is 4.39 Å². The molecule has 0 aliphatic heterocycles. The lowest BCUT2D eigenvalue weighted by molar-refractivity contribution is 0.436. The Morgan fingerprint density at radius 3 is 2.25 bits per heavy atom. The van der Waals surface area contributed by atoms with Gasteiger partial charge in [0.25, 0.3) is 0 Å². The summed E-state index contributed by atoms with van der Waals surface area (Å²) in [5.74, 6) is 0. The molecule has 3 heteroatoms. The zero-order chi connectivity index (χ0) is 9.45. The number of thioether (sulfide) groups is 1. The van der Waals surface area contributed by atoms with E-state index >= 15 is 0 Å². The molecule has 12 heavy (non-hydrogen) atoms. The Morgan fingerprint density at radius 1 is 1.33 bits per heavy atom. The van der Waals surface area contributed by atoms with Gasteiger partial charge in [0.05, 0.1) is 0 Å². The van der Waals surface area contributed by atoms with E-state index < -0.39 is 0 Å². The molecule has 0 spiro atoms. The summed E-state index contributed by atoms with van der Waals surface area (Å²) in [6.07, 6.45) is 4.41. The highest BCUT2D eigenvalue weighted by molar-refractivity contribution is 8.00. The molecular weight excluding hydrogens is 173 g/mol. The Labute approximate surface area is 79.5 Å². The van der Waals surface area contributed by atoms with E-state index in [4.69, 9.17) is 0 Å². The summed E-state index contributed by atoms with van der Waals surface area (Å²) in [6.45, 7) is 5.53. The first-order chi connectivity index (χ1) is 5.74. The number of nitrogens with one attached hydrogen (secondary N) is 1. The third-order valence-electron chi connectivity index (χ3n) is 2.44. The zero-order valence-corrected chi connectivity index (χ0v) is 9.14. The molecule has 0 aliphatic carbocycles. The van der Waals surface area contributed by atoms with Crippen LogP contribution in [0.2, 0.25) is 0 Å². The average Bonchev–Trinajstić information content (AvgIpc) is 2.14. The Kier molecular flexibility index (Phi) is 6.86. The van der Waals surface area contributed by atoms with Crippen molar-refractivity contribution in [1.82, 2.24) is 5.32 Å². The van der Waals surface area contributed by atoms with Crippen LogP contribution in [-0.4, -0.2) is 30.8 Å². The third-order valence-corrected chi connectivity index (χ3v) is 4.03. The van der Waals surface area contributed by atoms with Gasteiger partial charge >= 0.3 is 0 Å². The minimum atomic E-state index is -0.266. The van der Waals surface area contributed by atoms with Crippen LogP contribution < -0.4 is 5.32 Å². The second kappa shape index (κ2) is 6.72. The van der Waals surface area contributed by atoms with E-state index in [0.717, 1.165) is 19.4 Å². The van der Waals surface area contributed by atoms with E-state index in [1.54, 1.807) is 0 Å². The smallest absolute Gasteiger partial charge is 0.102 e. The van der Waals surface area contributed by atoms with Gasteiger partial charge in [-0.15, -0.1) is 0 Å². The van der Waals surface area contributed by atoms with E-state index in [9.17, 15) is 4.39 Å². The van der Waals surface area contributed by atoms with Crippen molar-refractivity contribution in [2.75, 3.05) is 26.0 Å². The van der Waals surface area contributed by atoms with Gasteiger partial charge in [-0.3, -0.25) is 0 Å². The first kappa shape index (κ1) is 12.2. The van der Waals surface area contributed by atoms with Crippen molar-refractivity contribution in [3.63, 3.8) is 0 Å². The third kappa shape index (κ3) is 3.76. The SMILES string of the molecule is CCC(CC)(CNCCF)SC. The Hall–Kier alpha value is 0.240. The summed E-state index contributed by atoms with van der Waals surface area (Å²) in [5.41, 5.74) is 0. The maximum absolute atomic E-state index is 11.8. The van der Waals surface area contributed by atoms with Crippen LogP contribution in [0, 0.1) is 0 Å². The monoisotopic (exact) mass is 193 g/mol. The van der Waals surface area contributed by atoms with E-state index in [1.165, 1.54) is 0 Å². The molecule has 0 aromatic rings. The highest BCUT2D eigenvalue weighted by atomic mass is 32.2. The molecule has 0 bridgehead atoms. The van der Waals surface area contributed by atoms with Crippen LogP contribution in [0.3, 0.4) is 0 Å². The Morgan fingerprint density at radius 2 is 1.92 bits per heavy atom. The number of alkyl halides is 1. The molecule has 0 rings (SSSR count). The number of hydrogen-bond acceptors (Lipinski definition) is 2. The Balaban J connectivity index is 3.76. The summed E-state index contributed by atoms with van der Waals surface area (Å²) in [6, 6.07) is 0. The lowest BCUT2D eigenvalue weighted by Crippen LogP contribution is -2.37. The van der Waals surface area contributed by atoms with Crippen LogP contribution in [0.5, 0.6) is 0 Å². The summed E-state index contributed by atoms with van der Waals surface area (Å²) in [5, 5.41) is 3.13. The van der Waals surface area contributed by atoms with E-state index in [1.807, 2.05) is 11.8 Å². The molecule has 0 aromatic heterocycles. The molecule has 0 atom stereocenters. The van der Waals surface area contributed by atoms with Gasteiger partial charge in [0.15, 0.2) is 0 Å². The predicted octanol–water partition coefficient (Wildman–Crippen LogP) is 2.47. The fourth-order valence-corrected chi connectivity index (χ4v) is 2.07. The molecular formula is C9H20FNS. The predicted molar refractivity (Wildman–Crippen MR) is 55.7 cm³/mol. The zero-order valence-electron chi connectivity index (χ0n) is 8.32. The summed E-state index contributed by atoms with van der Waals surface area (Å²) in [4.78, 5) is 0. The summed E-state index contributed by atoms with van der Waals surface area (Å²) in [7, 11) is 0. The van der Waals surface area contributed by atoms with Crippen LogP contribution in [0.25, 0.3) is 0 Å². The minimum absolute atomic E-state index is 0.266. The average molecular weight is 193 g/mol. The van der Waals surface area contributed by atoms with E-state index in [0.29, 0.717) is 11.3 Å². The first-order valence-corrected chi connectivity index (χ1v) is 5.79. The fourth-order valence-electron chi connectivity index (χ4n) is 1.24. The highest BCUT2D eigenvalue weighted by Gasteiger charge is 2.23. The van der Waals surface area contributed by atoms with Gasteiger partial charge in [0.1, 0.15) is 6.67 Å². The number of hydrogen-bond donors (Lipinski definition) is 1. The van der Waals surface area contributed by atoms with Gasteiger partial charge in [0, 0.05) is 17.8 Å². The van der Waals surface area contributed by atoms with E-state index in [-0.39, 0.29) is 6.67 Å². The molecule has 0 heterocycles. The fraction of sp³-hybridized carbons (Fsp3) is 1.00. The molecule has 1 nitrogen and oxygen atoms in total. The van der Waals surface area contributed by atoms with Crippen molar-refractivity contribution in [3.05, 3.63) is 0 Å². The lowest BCUT2D eigenvalue weighted by Gasteiger charge is -2.29. The lowest BCUT2D eigenvalue weighted by atomic mass is 10.0. The summed E-state index contributed by atoms with van der Waals surface area (Å²) >= 11 is 1.88. The van der Waals surface area contributed by atoms with Crippen molar-refractivity contribution in [1.29, 1.82) is 0 Å². The van der Waals surface area contributed by atoms with Gasteiger partial charge in [-0.05, 0) is 19.1 Å². The molecule has 0 unspecified atom stereocenters. The molecule has 0 fully saturated rings. The van der Waals surface area contributed by atoms with Crippen molar-refractivity contribution in [3.8, 4) is 0 Å². The van der Waals surface area contributed by atoms with Gasteiger partial charge in [0.2, 0.25) is 0 Å². The summed E-state index contributed by atoms with van der Waals surface area (Å²) < 4.78 is 12.1. The van der Waals surface area contributed by atoms with Crippen LogP contribution in [0.1, 0.15) is 26.7 Å².